The van der Waals surface area contributed by atoms with Gasteiger partial charge in [-0.25, -0.2) is 9.97 Å². The van der Waals surface area contributed by atoms with Crippen LogP contribution in [-0.2, 0) is 12.7 Å². The van der Waals surface area contributed by atoms with Gasteiger partial charge in [0.1, 0.15) is 11.5 Å². The first-order valence-electron chi connectivity index (χ1n) is 4.68. The van der Waals surface area contributed by atoms with Crippen molar-refractivity contribution in [2.75, 3.05) is 0 Å². The van der Waals surface area contributed by atoms with Gasteiger partial charge in [-0.2, -0.15) is 13.2 Å². The number of alkyl halides is 3. The first-order valence-corrected chi connectivity index (χ1v) is 4.68. The molecule has 1 heterocycles. The van der Waals surface area contributed by atoms with E-state index in [-0.39, 0.29) is 5.82 Å². The Labute approximate surface area is 84.7 Å². The standard InChI is InChI=1S/C9H10F3N3/c10-9(11,12)7-3-4-13-8(15-7)5-14-6-1-2-6/h3-4,6,14H,1-2,5H2. The van der Waals surface area contributed by atoms with E-state index in [9.17, 15) is 13.2 Å². The molecule has 0 atom stereocenters. The van der Waals surface area contributed by atoms with E-state index in [1.807, 2.05) is 0 Å². The number of nitrogens with one attached hydrogen (secondary N) is 1. The number of rotatable bonds is 3. The van der Waals surface area contributed by atoms with Crippen LogP contribution in [0.1, 0.15) is 24.4 Å². The summed E-state index contributed by atoms with van der Waals surface area (Å²) < 4.78 is 36.8. The van der Waals surface area contributed by atoms with Crippen LogP contribution >= 0.6 is 0 Å². The highest BCUT2D eigenvalue weighted by Crippen LogP contribution is 2.27. The van der Waals surface area contributed by atoms with Crippen molar-refractivity contribution in [3.05, 3.63) is 23.8 Å². The molecule has 1 aliphatic rings. The van der Waals surface area contributed by atoms with Crippen molar-refractivity contribution in [3.63, 3.8) is 0 Å². The van der Waals surface area contributed by atoms with Crippen molar-refractivity contribution in [1.82, 2.24) is 15.3 Å². The van der Waals surface area contributed by atoms with E-state index in [1.165, 1.54) is 0 Å². The van der Waals surface area contributed by atoms with Crippen LogP contribution in [0.2, 0.25) is 0 Å². The first-order chi connectivity index (χ1) is 7.05. The SMILES string of the molecule is FC(F)(F)c1ccnc(CNC2CC2)n1. The maximum Gasteiger partial charge on any atom is 0.433 e. The molecule has 1 fully saturated rings. The second-order valence-electron chi connectivity index (χ2n) is 3.51. The average Bonchev–Trinajstić information content (AvgIpc) is 2.97. The molecule has 82 valence electrons. The highest BCUT2D eigenvalue weighted by atomic mass is 19.4. The molecule has 2 rings (SSSR count). The van der Waals surface area contributed by atoms with Gasteiger partial charge < -0.3 is 5.32 Å². The monoisotopic (exact) mass is 217 g/mol. The summed E-state index contributed by atoms with van der Waals surface area (Å²) in [5.74, 6) is 0.191. The zero-order valence-electron chi connectivity index (χ0n) is 7.88. The summed E-state index contributed by atoms with van der Waals surface area (Å²) in [7, 11) is 0. The van der Waals surface area contributed by atoms with Gasteiger partial charge in [0.2, 0.25) is 0 Å². The van der Waals surface area contributed by atoms with Crippen LogP contribution in [-0.4, -0.2) is 16.0 Å². The predicted octanol–water partition coefficient (Wildman–Crippen LogP) is 1.75. The highest BCUT2D eigenvalue weighted by Gasteiger charge is 2.32. The fraction of sp³-hybridized carbons (Fsp3) is 0.556. The Kier molecular flexibility index (Phi) is 2.60. The lowest BCUT2D eigenvalue weighted by Crippen LogP contribution is -2.19. The predicted molar refractivity (Wildman–Crippen MR) is 46.9 cm³/mol. The van der Waals surface area contributed by atoms with E-state index in [2.05, 4.69) is 15.3 Å². The average molecular weight is 217 g/mol. The molecule has 1 N–H and O–H groups in total. The van der Waals surface area contributed by atoms with Gasteiger partial charge in [0.15, 0.2) is 0 Å². The molecule has 0 bridgehead atoms. The van der Waals surface area contributed by atoms with Crippen LogP contribution in [0.25, 0.3) is 0 Å². The third-order valence-corrected chi connectivity index (χ3v) is 2.12. The van der Waals surface area contributed by atoms with Crippen molar-refractivity contribution in [2.24, 2.45) is 0 Å². The summed E-state index contributed by atoms with van der Waals surface area (Å²) >= 11 is 0. The Morgan fingerprint density at radius 3 is 2.73 bits per heavy atom. The summed E-state index contributed by atoms with van der Waals surface area (Å²) in [4.78, 5) is 7.22. The second kappa shape index (κ2) is 3.77. The van der Waals surface area contributed by atoms with E-state index in [0.717, 1.165) is 25.1 Å². The van der Waals surface area contributed by atoms with Crippen LogP contribution in [0.5, 0.6) is 0 Å². The zero-order chi connectivity index (χ0) is 10.9. The van der Waals surface area contributed by atoms with Gasteiger partial charge in [-0.05, 0) is 18.9 Å². The van der Waals surface area contributed by atoms with Gasteiger partial charge in [-0.15, -0.1) is 0 Å². The van der Waals surface area contributed by atoms with Crippen LogP contribution < -0.4 is 5.32 Å². The molecule has 3 nitrogen and oxygen atoms in total. The van der Waals surface area contributed by atoms with Crippen LogP contribution in [0.15, 0.2) is 12.3 Å². The maximum atomic E-state index is 12.3. The lowest BCUT2D eigenvalue weighted by Gasteiger charge is -2.07. The second-order valence-corrected chi connectivity index (χ2v) is 3.51. The molecule has 0 spiro atoms. The van der Waals surface area contributed by atoms with Crippen molar-refractivity contribution < 1.29 is 13.2 Å². The van der Waals surface area contributed by atoms with E-state index >= 15 is 0 Å². The fourth-order valence-corrected chi connectivity index (χ4v) is 1.17. The van der Waals surface area contributed by atoms with Crippen molar-refractivity contribution in [3.8, 4) is 0 Å². The normalized spacial score (nSPS) is 16.7. The van der Waals surface area contributed by atoms with Gasteiger partial charge in [0.25, 0.3) is 0 Å². The molecule has 1 aliphatic carbocycles. The molecule has 15 heavy (non-hydrogen) atoms. The van der Waals surface area contributed by atoms with Gasteiger partial charge >= 0.3 is 6.18 Å². The molecule has 0 unspecified atom stereocenters. The Morgan fingerprint density at radius 2 is 2.13 bits per heavy atom. The smallest absolute Gasteiger partial charge is 0.307 e. The lowest BCUT2D eigenvalue weighted by molar-refractivity contribution is -0.141. The molecule has 1 saturated carbocycles. The van der Waals surface area contributed by atoms with E-state index < -0.39 is 11.9 Å². The molecule has 1 aromatic heterocycles. The Morgan fingerprint density at radius 1 is 1.40 bits per heavy atom. The summed E-state index contributed by atoms with van der Waals surface area (Å²) in [5, 5.41) is 3.06. The molecular formula is C9H10F3N3. The third kappa shape index (κ3) is 2.89. The Bertz CT molecular complexity index is 347. The minimum atomic E-state index is -4.39. The number of nitrogens with zero attached hydrogens (tertiary/aromatic N) is 2. The van der Waals surface area contributed by atoms with Gasteiger partial charge in [-0.1, -0.05) is 0 Å². The van der Waals surface area contributed by atoms with Gasteiger partial charge in [-0.3, -0.25) is 0 Å². The van der Waals surface area contributed by atoms with E-state index in [0.29, 0.717) is 12.6 Å². The van der Waals surface area contributed by atoms with Gasteiger partial charge in [0.05, 0.1) is 6.54 Å². The molecular weight excluding hydrogens is 207 g/mol. The summed E-state index contributed by atoms with van der Waals surface area (Å²) in [6.45, 7) is 0.300. The molecule has 0 aromatic carbocycles. The summed E-state index contributed by atoms with van der Waals surface area (Å²) in [6, 6.07) is 1.31. The maximum absolute atomic E-state index is 12.3. The quantitative estimate of drug-likeness (QED) is 0.838. The van der Waals surface area contributed by atoms with E-state index in [4.69, 9.17) is 0 Å². The van der Waals surface area contributed by atoms with E-state index in [1.54, 1.807) is 0 Å². The van der Waals surface area contributed by atoms with Crippen LogP contribution in [0, 0.1) is 0 Å². The topological polar surface area (TPSA) is 37.8 Å². The fourth-order valence-electron chi connectivity index (χ4n) is 1.17. The van der Waals surface area contributed by atoms with Crippen molar-refractivity contribution in [2.45, 2.75) is 31.6 Å². The molecule has 0 aliphatic heterocycles. The number of aromatic nitrogens is 2. The molecule has 0 amide bonds. The third-order valence-electron chi connectivity index (χ3n) is 2.12. The lowest BCUT2D eigenvalue weighted by atomic mass is 10.4. The first kappa shape index (κ1) is 10.4. The summed E-state index contributed by atoms with van der Waals surface area (Å²) in [5.41, 5.74) is -0.884. The number of hydrogen-bond acceptors (Lipinski definition) is 3. The Balaban J connectivity index is 2.04. The number of halogens is 3. The van der Waals surface area contributed by atoms with Crippen molar-refractivity contribution in [1.29, 1.82) is 0 Å². The van der Waals surface area contributed by atoms with Crippen LogP contribution in [0.4, 0.5) is 13.2 Å². The minimum absolute atomic E-state index is 0.191. The van der Waals surface area contributed by atoms with Gasteiger partial charge in [0, 0.05) is 12.2 Å². The largest absolute Gasteiger partial charge is 0.433 e. The van der Waals surface area contributed by atoms with Crippen LogP contribution in [0.3, 0.4) is 0 Å². The highest BCUT2D eigenvalue weighted by molar-refractivity contribution is 5.06. The zero-order valence-corrected chi connectivity index (χ0v) is 7.88. The Hall–Kier alpha value is -1.17. The molecule has 1 aromatic rings. The van der Waals surface area contributed by atoms with Crippen molar-refractivity contribution >= 4 is 0 Å². The minimum Gasteiger partial charge on any atom is -0.307 e. The summed E-state index contributed by atoms with van der Waals surface area (Å²) in [6.07, 6.45) is -1.09. The number of hydrogen-bond donors (Lipinski definition) is 1. The molecule has 0 saturated heterocycles. The molecule has 0 radical (unpaired) electrons. The molecule has 6 heteroatoms.